The molecule has 1 amide bonds. The molecule has 0 unspecified atom stereocenters. The van der Waals surface area contributed by atoms with E-state index in [0.717, 1.165) is 17.3 Å². The number of rotatable bonds is 5. The first-order valence-electron chi connectivity index (χ1n) is 8.66. The van der Waals surface area contributed by atoms with Gasteiger partial charge in [-0.2, -0.15) is 5.26 Å². The molecule has 7 heteroatoms. The van der Waals surface area contributed by atoms with E-state index in [0.29, 0.717) is 12.1 Å². The van der Waals surface area contributed by atoms with Crippen molar-refractivity contribution < 1.29 is 18.7 Å². The number of ether oxygens (including phenoxy) is 1. The van der Waals surface area contributed by atoms with E-state index in [4.69, 9.17) is 4.74 Å². The highest BCUT2D eigenvalue weighted by Crippen LogP contribution is 2.41. The third kappa shape index (κ3) is 4.07. The molecular weight excluding hydrogens is 379 g/mol. The molecule has 0 saturated carbocycles. The molecule has 1 saturated heterocycles. The fourth-order valence-electron chi connectivity index (χ4n) is 2.82. The van der Waals surface area contributed by atoms with E-state index in [9.17, 15) is 19.2 Å². The van der Waals surface area contributed by atoms with Crippen LogP contribution in [0.25, 0.3) is 0 Å². The van der Waals surface area contributed by atoms with Crippen molar-refractivity contribution in [1.29, 1.82) is 5.26 Å². The second-order valence-corrected chi connectivity index (χ2v) is 7.15. The molecular formula is C21H17FN2O3S. The summed E-state index contributed by atoms with van der Waals surface area (Å²) in [4.78, 5) is 26.8. The van der Waals surface area contributed by atoms with E-state index in [1.54, 1.807) is 43.3 Å². The first-order valence-corrected chi connectivity index (χ1v) is 9.54. The van der Waals surface area contributed by atoms with E-state index in [2.05, 4.69) is 0 Å². The van der Waals surface area contributed by atoms with Crippen LogP contribution in [-0.2, 0) is 20.7 Å². The molecule has 142 valence electrons. The molecule has 2 aromatic rings. The number of halogens is 1. The number of thioether (sulfide) groups is 1. The summed E-state index contributed by atoms with van der Waals surface area (Å²) in [6.07, 6.45) is 0.345. The topological polar surface area (TPSA) is 70.4 Å². The van der Waals surface area contributed by atoms with Crippen molar-refractivity contribution in [3.63, 3.8) is 0 Å². The first kappa shape index (κ1) is 19.6. The van der Waals surface area contributed by atoms with Crippen LogP contribution in [0, 0.1) is 17.1 Å². The Morgan fingerprint density at radius 3 is 2.50 bits per heavy atom. The lowest BCUT2D eigenvalue weighted by molar-refractivity contribution is -0.138. The zero-order valence-corrected chi connectivity index (χ0v) is 15.9. The standard InChI is InChI=1S/C21H17FN2O3S/c1-2-27-21(26)17(13-23)20-24(16-6-4-3-5-7-16)19(25)18(28-20)12-14-8-10-15(22)11-9-14/h3-11,18H,2,12H2,1H3/b20-17-/t18-/m0/s1. The largest absolute Gasteiger partial charge is 0.462 e. The molecule has 28 heavy (non-hydrogen) atoms. The summed E-state index contributed by atoms with van der Waals surface area (Å²) in [5.41, 5.74) is 1.15. The molecule has 1 fully saturated rings. The summed E-state index contributed by atoms with van der Waals surface area (Å²) in [5.74, 6) is -1.36. The number of anilines is 1. The van der Waals surface area contributed by atoms with Crippen molar-refractivity contribution in [2.24, 2.45) is 0 Å². The van der Waals surface area contributed by atoms with Gasteiger partial charge in [0.1, 0.15) is 16.9 Å². The Morgan fingerprint density at radius 1 is 1.21 bits per heavy atom. The lowest BCUT2D eigenvalue weighted by Gasteiger charge is -2.18. The molecule has 3 rings (SSSR count). The average Bonchev–Trinajstić information content (AvgIpc) is 3.01. The Hall–Kier alpha value is -3.11. The van der Waals surface area contributed by atoms with Crippen LogP contribution < -0.4 is 4.90 Å². The maximum absolute atomic E-state index is 13.2. The molecule has 0 aliphatic carbocycles. The number of benzene rings is 2. The predicted octanol–water partition coefficient (Wildman–Crippen LogP) is 3.82. The normalized spacial score (nSPS) is 18.0. The molecule has 1 aliphatic heterocycles. The second kappa shape index (κ2) is 8.72. The van der Waals surface area contributed by atoms with Crippen LogP contribution in [0.5, 0.6) is 0 Å². The number of nitriles is 1. The van der Waals surface area contributed by atoms with Crippen LogP contribution in [-0.4, -0.2) is 23.7 Å². The quantitative estimate of drug-likeness (QED) is 0.437. The third-order valence-electron chi connectivity index (χ3n) is 4.11. The lowest BCUT2D eigenvalue weighted by atomic mass is 10.1. The Bertz CT molecular complexity index is 952. The van der Waals surface area contributed by atoms with Crippen LogP contribution in [0.2, 0.25) is 0 Å². The number of para-hydroxylation sites is 1. The van der Waals surface area contributed by atoms with Gasteiger partial charge in [0.15, 0.2) is 5.57 Å². The zero-order chi connectivity index (χ0) is 20.1. The Kier molecular flexibility index (Phi) is 6.12. The molecule has 0 radical (unpaired) electrons. The van der Waals surface area contributed by atoms with Gasteiger partial charge in [-0.3, -0.25) is 9.69 Å². The zero-order valence-electron chi connectivity index (χ0n) is 15.1. The van der Waals surface area contributed by atoms with Gasteiger partial charge < -0.3 is 4.74 Å². The first-order chi connectivity index (χ1) is 13.5. The van der Waals surface area contributed by atoms with E-state index in [-0.39, 0.29) is 28.9 Å². The van der Waals surface area contributed by atoms with Crippen LogP contribution >= 0.6 is 11.8 Å². The van der Waals surface area contributed by atoms with Gasteiger partial charge in [0.2, 0.25) is 5.91 Å². The smallest absolute Gasteiger partial charge is 0.351 e. The monoisotopic (exact) mass is 396 g/mol. The minimum Gasteiger partial charge on any atom is -0.462 e. The molecule has 0 bridgehead atoms. The maximum atomic E-state index is 13.2. The summed E-state index contributed by atoms with van der Waals surface area (Å²) in [7, 11) is 0. The molecule has 2 aromatic carbocycles. The van der Waals surface area contributed by atoms with E-state index in [1.807, 2.05) is 12.1 Å². The number of carbonyl (C=O) groups excluding carboxylic acids is 2. The number of carbonyl (C=O) groups is 2. The minimum absolute atomic E-state index is 0.125. The molecule has 0 aromatic heterocycles. The minimum atomic E-state index is -0.760. The fourth-order valence-corrected chi connectivity index (χ4v) is 4.12. The molecule has 5 nitrogen and oxygen atoms in total. The van der Waals surface area contributed by atoms with E-state index >= 15 is 0 Å². The third-order valence-corrected chi connectivity index (χ3v) is 5.37. The van der Waals surface area contributed by atoms with Gasteiger partial charge in [0, 0.05) is 5.69 Å². The van der Waals surface area contributed by atoms with Gasteiger partial charge in [0.25, 0.3) is 0 Å². The van der Waals surface area contributed by atoms with Crippen molar-refractivity contribution in [1.82, 2.24) is 0 Å². The number of nitrogens with zero attached hydrogens (tertiary/aromatic N) is 2. The van der Waals surface area contributed by atoms with Gasteiger partial charge in [-0.05, 0) is 43.2 Å². The summed E-state index contributed by atoms with van der Waals surface area (Å²) in [6.45, 7) is 1.77. The number of hydrogen-bond acceptors (Lipinski definition) is 5. The second-order valence-electron chi connectivity index (χ2n) is 5.96. The van der Waals surface area contributed by atoms with Gasteiger partial charge in [-0.1, -0.05) is 42.1 Å². The maximum Gasteiger partial charge on any atom is 0.351 e. The van der Waals surface area contributed by atoms with Gasteiger partial charge >= 0.3 is 5.97 Å². The van der Waals surface area contributed by atoms with Gasteiger partial charge in [-0.15, -0.1) is 0 Å². The van der Waals surface area contributed by atoms with E-state index in [1.165, 1.54) is 17.0 Å². The summed E-state index contributed by atoms with van der Waals surface area (Å²) in [6, 6.07) is 16.6. The van der Waals surface area contributed by atoms with Crippen molar-refractivity contribution >= 4 is 29.3 Å². The number of esters is 1. The molecule has 0 N–H and O–H groups in total. The summed E-state index contributed by atoms with van der Waals surface area (Å²) >= 11 is 1.15. The highest BCUT2D eigenvalue weighted by Gasteiger charge is 2.41. The Labute approximate surface area is 166 Å². The Morgan fingerprint density at radius 2 is 1.89 bits per heavy atom. The number of hydrogen-bond donors (Lipinski definition) is 0. The van der Waals surface area contributed by atoms with Crippen molar-refractivity contribution in [3.8, 4) is 6.07 Å². The average molecular weight is 396 g/mol. The highest BCUT2D eigenvalue weighted by molar-refractivity contribution is 8.05. The molecule has 1 heterocycles. The van der Waals surface area contributed by atoms with Crippen LogP contribution in [0.4, 0.5) is 10.1 Å². The van der Waals surface area contributed by atoms with Crippen molar-refractivity contribution in [2.75, 3.05) is 11.5 Å². The van der Waals surface area contributed by atoms with E-state index < -0.39 is 11.2 Å². The summed E-state index contributed by atoms with van der Waals surface area (Å²) in [5, 5.41) is 9.25. The van der Waals surface area contributed by atoms with Crippen LogP contribution in [0.3, 0.4) is 0 Å². The van der Waals surface area contributed by atoms with Gasteiger partial charge in [-0.25, -0.2) is 9.18 Å². The molecule has 1 aliphatic rings. The predicted molar refractivity (Wildman–Crippen MR) is 105 cm³/mol. The van der Waals surface area contributed by atoms with Gasteiger partial charge in [0.05, 0.1) is 11.9 Å². The molecule has 1 atom stereocenters. The van der Waals surface area contributed by atoms with Crippen LogP contribution in [0.15, 0.2) is 65.2 Å². The lowest BCUT2D eigenvalue weighted by Crippen LogP contribution is -2.30. The highest BCUT2D eigenvalue weighted by atomic mass is 32.2. The van der Waals surface area contributed by atoms with Crippen molar-refractivity contribution in [3.05, 3.63) is 76.6 Å². The Balaban J connectivity index is 2.01. The summed E-state index contributed by atoms with van der Waals surface area (Å²) < 4.78 is 18.1. The van der Waals surface area contributed by atoms with Crippen molar-refractivity contribution in [2.45, 2.75) is 18.6 Å². The molecule has 0 spiro atoms. The van der Waals surface area contributed by atoms with Crippen LogP contribution in [0.1, 0.15) is 12.5 Å². The number of amides is 1. The SMILES string of the molecule is CCOC(=O)/C(C#N)=C1\S[C@@H](Cc2ccc(F)cc2)C(=O)N1c1ccccc1. The fraction of sp³-hybridized carbons (Fsp3) is 0.190.